The molecule has 0 saturated heterocycles. The number of hydrogen-bond acceptors (Lipinski definition) is 5. The van der Waals surface area contributed by atoms with E-state index in [-0.39, 0.29) is 36.0 Å². The normalized spacial score (nSPS) is 11.6. The Kier molecular flexibility index (Phi) is 6.92. The largest absolute Gasteiger partial charge is 0.573 e. The molecule has 2 heterocycles. The van der Waals surface area contributed by atoms with Gasteiger partial charge in [-0.15, -0.1) is 13.2 Å². The van der Waals surface area contributed by atoms with E-state index in [9.17, 15) is 22.8 Å². The highest BCUT2D eigenvalue weighted by molar-refractivity contribution is 6.30. The van der Waals surface area contributed by atoms with Gasteiger partial charge in [-0.1, -0.05) is 60.1 Å². The molecule has 0 aliphatic heterocycles. The molecule has 0 spiro atoms. The third kappa shape index (κ3) is 5.68. The molecule has 200 valence electrons. The highest BCUT2D eigenvalue weighted by atomic mass is 35.5. The minimum absolute atomic E-state index is 0.0156. The summed E-state index contributed by atoms with van der Waals surface area (Å²) in [6, 6.07) is 20.8. The summed E-state index contributed by atoms with van der Waals surface area (Å²) in [6.45, 7) is 0.219. The molecule has 0 N–H and O–H groups in total. The summed E-state index contributed by atoms with van der Waals surface area (Å²) in [4.78, 5) is 31.0. The molecule has 8 nitrogen and oxygen atoms in total. The molecule has 0 bridgehead atoms. The van der Waals surface area contributed by atoms with Crippen molar-refractivity contribution in [1.82, 2.24) is 18.7 Å². The van der Waals surface area contributed by atoms with Crippen LogP contribution in [-0.2, 0) is 20.1 Å². The molecule has 0 aliphatic rings. The van der Waals surface area contributed by atoms with Crippen molar-refractivity contribution in [3.05, 3.63) is 116 Å². The fraction of sp³-hybridized carbons (Fsp3) is 0.148. The lowest BCUT2D eigenvalue weighted by Crippen LogP contribution is -2.39. The van der Waals surface area contributed by atoms with Gasteiger partial charge in [0.15, 0.2) is 11.2 Å². The number of ether oxygens (including phenoxy) is 2. The zero-order chi connectivity index (χ0) is 27.7. The van der Waals surface area contributed by atoms with Gasteiger partial charge >= 0.3 is 18.1 Å². The molecule has 3 aromatic carbocycles. The van der Waals surface area contributed by atoms with E-state index in [2.05, 4.69) is 9.72 Å². The van der Waals surface area contributed by atoms with Crippen LogP contribution < -0.4 is 20.7 Å². The van der Waals surface area contributed by atoms with Crippen LogP contribution in [0.15, 0.2) is 88.5 Å². The van der Waals surface area contributed by atoms with Gasteiger partial charge in [-0.2, -0.15) is 4.98 Å². The SMILES string of the molecule is Cn1c(=O)c2c(nc(Oc3cccc(OC(F)(F)F)c3)n2Cc2ccc(Cl)cc2)n(Cc2ccccc2)c1=O. The van der Waals surface area contributed by atoms with Gasteiger partial charge in [-0.25, -0.2) is 4.79 Å². The minimum atomic E-state index is -4.89. The van der Waals surface area contributed by atoms with E-state index in [1.807, 2.05) is 30.3 Å². The van der Waals surface area contributed by atoms with Crippen molar-refractivity contribution >= 4 is 22.8 Å². The molecule has 12 heteroatoms. The number of hydrogen-bond donors (Lipinski definition) is 0. The molecule has 2 aromatic heterocycles. The van der Waals surface area contributed by atoms with Gasteiger partial charge in [0, 0.05) is 18.1 Å². The topological polar surface area (TPSA) is 80.3 Å². The number of fused-ring (bicyclic) bond motifs is 1. The van der Waals surface area contributed by atoms with Gasteiger partial charge in [-0.05, 0) is 35.4 Å². The van der Waals surface area contributed by atoms with Crippen LogP contribution in [0.4, 0.5) is 13.2 Å². The molecule has 5 rings (SSSR count). The van der Waals surface area contributed by atoms with E-state index in [4.69, 9.17) is 16.3 Å². The number of imidazole rings is 1. The van der Waals surface area contributed by atoms with Crippen LogP contribution in [0.25, 0.3) is 11.2 Å². The molecule has 0 amide bonds. The molecular formula is C27H20ClF3N4O4. The third-order valence-electron chi connectivity index (χ3n) is 5.88. The molecule has 0 fully saturated rings. The predicted octanol–water partition coefficient (Wildman–Crippen LogP) is 5.34. The monoisotopic (exact) mass is 556 g/mol. The quantitative estimate of drug-likeness (QED) is 0.270. The van der Waals surface area contributed by atoms with Gasteiger partial charge in [-0.3, -0.25) is 18.5 Å². The van der Waals surface area contributed by atoms with Gasteiger partial charge < -0.3 is 9.47 Å². The first kappa shape index (κ1) is 26.1. The zero-order valence-corrected chi connectivity index (χ0v) is 21.1. The van der Waals surface area contributed by atoms with E-state index in [1.54, 1.807) is 24.3 Å². The Hall–Kier alpha value is -4.51. The fourth-order valence-electron chi connectivity index (χ4n) is 4.08. The van der Waals surface area contributed by atoms with Crippen molar-refractivity contribution < 1.29 is 22.6 Å². The molecular weight excluding hydrogens is 537 g/mol. The Bertz CT molecular complexity index is 1760. The Labute approximate surface area is 224 Å². The number of halogens is 4. The van der Waals surface area contributed by atoms with Crippen molar-refractivity contribution in [3.63, 3.8) is 0 Å². The van der Waals surface area contributed by atoms with Crippen LogP contribution in [0.2, 0.25) is 5.02 Å². The van der Waals surface area contributed by atoms with Crippen LogP contribution >= 0.6 is 11.6 Å². The average molecular weight is 557 g/mol. The van der Waals surface area contributed by atoms with Gasteiger partial charge in [0.25, 0.3) is 5.56 Å². The van der Waals surface area contributed by atoms with Crippen LogP contribution in [0.3, 0.4) is 0 Å². The van der Waals surface area contributed by atoms with E-state index in [1.165, 1.54) is 28.3 Å². The maximum Gasteiger partial charge on any atom is 0.573 e. The first-order chi connectivity index (χ1) is 18.6. The summed E-state index contributed by atoms with van der Waals surface area (Å²) >= 11 is 6.02. The second-order valence-corrected chi connectivity index (χ2v) is 9.06. The number of rotatable bonds is 7. The van der Waals surface area contributed by atoms with Crippen LogP contribution in [0, 0.1) is 0 Å². The number of nitrogens with zero attached hydrogens (tertiary/aromatic N) is 4. The predicted molar refractivity (Wildman–Crippen MR) is 139 cm³/mol. The standard InChI is InChI=1S/C27H20ClF3N4O4/c1-33-24(36)22-23(35(26(33)37)16-17-6-3-2-4-7-17)32-25(34(22)15-18-10-12-19(28)13-11-18)38-20-8-5-9-21(14-20)39-27(29,30)31/h2-14H,15-16H2,1H3. The second kappa shape index (κ2) is 10.3. The van der Waals surface area contributed by atoms with Crippen LogP contribution in [0.1, 0.15) is 11.1 Å². The average Bonchev–Trinajstić information content (AvgIpc) is 3.24. The summed E-state index contributed by atoms with van der Waals surface area (Å²) in [6.07, 6.45) is -4.89. The van der Waals surface area contributed by atoms with E-state index >= 15 is 0 Å². The van der Waals surface area contributed by atoms with Crippen molar-refractivity contribution in [1.29, 1.82) is 0 Å². The number of benzene rings is 3. The van der Waals surface area contributed by atoms with Crippen LogP contribution in [0.5, 0.6) is 17.5 Å². The van der Waals surface area contributed by atoms with Gasteiger partial charge in [0.2, 0.25) is 0 Å². The summed E-state index contributed by atoms with van der Waals surface area (Å²) in [5.41, 5.74) is 0.496. The Morgan fingerprint density at radius 2 is 1.49 bits per heavy atom. The summed E-state index contributed by atoms with van der Waals surface area (Å²) in [5, 5.41) is 0.514. The van der Waals surface area contributed by atoms with Gasteiger partial charge in [0.1, 0.15) is 11.5 Å². The van der Waals surface area contributed by atoms with E-state index < -0.39 is 23.4 Å². The second-order valence-electron chi connectivity index (χ2n) is 8.62. The molecule has 0 aliphatic carbocycles. The Morgan fingerprint density at radius 3 is 2.18 bits per heavy atom. The molecule has 0 unspecified atom stereocenters. The van der Waals surface area contributed by atoms with E-state index in [0.29, 0.717) is 5.02 Å². The van der Waals surface area contributed by atoms with Crippen molar-refractivity contribution in [3.8, 4) is 17.5 Å². The van der Waals surface area contributed by atoms with E-state index in [0.717, 1.165) is 27.8 Å². The molecule has 0 saturated carbocycles. The van der Waals surface area contributed by atoms with Crippen molar-refractivity contribution in [2.24, 2.45) is 7.05 Å². The van der Waals surface area contributed by atoms with Crippen molar-refractivity contribution in [2.75, 3.05) is 0 Å². The lowest BCUT2D eigenvalue weighted by Gasteiger charge is -2.12. The minimum Gasteiger partial charge on any atom is -0.425 e. The third-order valence-corrected chi connectivity index (χ3v) is 6.13. The highest BCUT2D eigenvalue weighted by Gasteiger charge is 2.31. The lowest BCUT2D eigenvalue weighted by atomic mass is 10.2. The zero-order valence-electron chi connectivity index (χ0n) is 20.4. The summed E-state index contributed by atoms with van der Waals surface area (Å²) < 4.78 is 52.0. The molecule has 39 heavy (non-hydrogen) atoms. The Morgan fingerprint density at radius 1 is 0.846 bits per heavy atom. The maximum atomic E-state index is 13.4. The lowest BCUT2D eigenvalue weighted by molar-refractivity contribution is -0.274. The molecule has 0 atom stereocenters. The summed E-state index contributed by atoms with van der Waals surface area (Å²) in [5.74, 6) is -0.504. The molecule has 5 aromatic rings. The fourth-order valence-corrected chi connectivity index (χ4v) is 4.21. The summed E-state index contributed by atoms with van der Waals surface area (Å²) in [7, 11) is 1.36. The number of alkyl halides is 3. The molecule has 0 radical (unpaired) electrons. The number of aromatic nitrogens is 4. The smallest absolute Gasteiger partial charge is 0.425 e. The first-order valence-electron chi connectivity index (χ1n) is 11.6. The maximum absolute atomic E-state index is 13.4. The first-order valence-corrected chi connectivity index (χ1v) is 12.0. The highest BCUT2D eigenvalue weighted by Crippen LogP contribution is 2.30. The van der Waals surface area contributed by atoms with Crippen LogP contribution in [-0.4, -0.2) is 25.0 Å². The Balaban J connectivity index is 1.68. The van der Waals surface area contributed by atoms with Crippen molar-refractivity contribution in [2.45, 2.75) is 19.5 Å². The van der Waals surface area contributed by atoms with Gasteiger partial charge in [0.05, 0.1) is 13.1 Å².